The van der Waals surface area contributed by atoms with E-state index in [1.807, 2.05) is 30.3 Å². The molecule has 2 aromatic rings. The summed E-state index contributed by atoms with van der Waals surface area (Å²) >= 11 is 0. The normalized spacial score (nSPS) is 18.0. The van der Waals surface area contributed by atoms with Gasteiger partial charge in [-0.3, -0.25) is 29.3 Å². The highest BCUT2D eigenvalue weighted by atomic mass is 16.7. The Bertz CT molecular complexity index is 1440. The zero-order valence-electron chi connectivity index (χ0n) is 22.6. The highest BCUT2D eigenvalue weighted by Gasteiger charge is 2.40. The molecule has 3 N–H and O–H groups in total. The number of carbonyl (C=O) groups excluding carboxylic acids is 5. The van der Waals surface area contributed by atoms with Crippen LogP contribution in [-0.2, 0) is 24.0 Å². The Labute approximate surface area is 237 Å². The lowest BCUT2D eigenvalue weighted by molar-refractivity contribution is -0.130. The monoisotopic (exact) mass is 557 g/mol. The summed E-state index contributed by atoms with van der Waals surface area (Å²) in [6, 6.07) is 12.8. The van der Waals surface area contributed by atoms with Crippen molar-refractivity contribution in [2.45, 2.75) is 51.1 Å². The van der Waals surface area contributed by atoms with Crippen LogP contribution in [0, 0.1) is 5.92 Å². The molecule has 10 heteroatoms. The molecular weight excluding hydrogens is 526 g/mol. The average molecular weight is 558 g/mol. The van der Waals surface area contributed by atoms with Gasteiger partial charge >= 0.3 is 0 Å². The van der Waals surface area contributed by atoms with Gasteiger partial charge in [0, 0.05) is 11.6 Å². The predicted molar refractivity (Wildman–Crippen MR) is 148 cm³/mol. The molecule has 2 aliphatic heterocycles. The highest BCUT2D eigenvalue weighted by Crippen LogP contribution is 2.33. The molecule has 2 heterocycles. The van der Waals surface area contributed by atoms with Gasteiger partial charge in [-0.2, -0.15) is 0 Å². The molecule has 0 bridgehead atoms. The third kappa shape index (κ3) is 6.37. The second-order valence-electron chi connectivity index (χ2n) is 10.4. The van der Waals surface area contributed by atoms with Crippen molar-refractivity contribution in [3.05, 3.63) is 76.9 Å². The Kier molecular flexibility index (Phi) is 8.28. The molecule has 3 aliphatic rings. The molecule has 0 radical (unpaired) electrons. The Morgan fingerprint density at radius 1 is 0.976 bits per heavy atom. The maximum absolute atomic E-state index is 13.5. The van der Waals surface area contributed by atoms with E-state index in [9.17, 15) is 24.0 Å². The van der Waals surface area contributed by atoms with Gasteiger partial charge in [0.2, 0.25) is 18.6 Å². The van der Waals surface area contributed by atoms with Gasteiger partial charge in [0.15, 0.2) is 17.3 Å². The lowest BCUT2D eigenvalue weighted by atomic mass is 9.89. The topological polar surface area (TPSA) is 140 Å². The molecule has 1 fully saturated rings. The summed E-state index contributed by atoms with van der Waals surface area (Å²) < 4.78 is 10.7. The van der Waals surface area contributed by atoms with Crippen molar-refractivity contribution in [3.8, 4) is 11.5 Å². The van der Waals surface area contributed by atoms with Gasteiger partial charge in [0.05, 0.1) is 24.1 Å². The number of imide groups is 1. The third-order valence-electron chi connectivity index (χ3n) is 7.62. The molecule has 5 rings (SSSR count). The minimum absolute atomic E-state index is 0.0564. The third-order valence-corrected chi connectivity index (χ3v) is 7.62. The Balaban J connectivity index is 1.30. The van der Waals surface area contributed by atoms with E-state index in [1.54, 1.807) is 24.3 Å². The van der Waals surface area contributed by atoms with Crippen LogP contribution in [0.4, 0.5) is 0 Å². The van der Waals surface area contributed by atoms with Gasteiger partial charge in [-0.1, -0.05) is 49.2 Å². The summed E-state index contributed by atoms with van der Waals surface area (Å²) in [5.41, 5.74) is 1.32. The molecule has 212 valence electrons. The second-order valence-corrected chi connectivity index (χ2v) is 10.4. The molecule has 1 unspecified atom stereocenters. The fraction of sp³-hybridized carbons (Fsp3) is 0.323. The van der Waals surface area contributed by atoms with Crippen LogP contribution in [0.2, 0.25) is 0 Å². The van der Waals surface area contributed by atoms with Crippen LogP contribution in [0.25, 0.3) is 6.08 Å². The number of hydrogen-bond donors (Lipinski definition) is 3. The van der Waals surface area contributed by atoms with Crippen LogP contribution in [0.1, 0.15) is 56.2 Å². The van der Waals surface area contributed by atoms with Crippen LogP contribution < -0.4 is 25.4 Å². The van der Waals surface area contributed by atoms with Gasteiger partial charge in [0.1, 0.15) is 0 Å². The summed E-state index contributed by atoms with van der Waals surface area (Å²) in [6.07, 6.45) is 6.15. The van der Waals surface area contributed by atoms with Gasteiger partial charge < -0.3 is 20.1 Å². The SMILES string of the molecule is CC1=C(C(=O)C(NC(=O)C[C@H](NC(=O)/C=C/c2ccc3c(c2)OCO3)c2ccccc2)C2CCCC2)C(=O)NC1=O. The second kappa shape index (κ2) is 12.2. The van der Waals surface area contributed by atoms with Gasteiger partial charge in [0.25, 0.3) is 11.8 Å². The maximum Gasteiger partial charge on any atom is 0.262 e. The molecule has 0 aromatic heterocycles. The largest absolute Gasteiger partial charge is 0.454 e. The molecule has 0 saturated heterocycles. The summed E-state index contributed by atoms with van der Waals surface area (Å²) in [5, 5.41) is 7.88. The predicted octanol–water partition coefficient (Wildman–Crippen LogP) is 2.89. The number of hydrogen-bond acceptors (Lipinski definition) is 7. The van der Waals surface area contributed by atoms with Crippen LogP contribution >= 0.6 is 0 Å². The summed E-state index contributed by atoms with van der Waals surface area (Å²) in [5.74, 6) is -1.66. The average Bonchev–Trinajstić information content (AvgIpc) is 3.71. The summed E-state index contributed by atoms with van der Waals surface area (Å²) in [6.45, 7) is 1.58. The number of benzene rings is 2. The van der Waals surface area contributed by atoms with Gasteiger partial charge in [-0.05, 0) is 55.0 Å². The number of ether oxygens (including phenoxy) is 2. The highest BCUT2D eigenvalue weighted by molar-refractivity contribution is 6.33. The minimum Gasteiger partial charge on any atom is -0.454 e. The van der Waals surface area contributed by atoms with Crippen LogP contribution in [0.3, 0.4) is 0 Å². The Morgan fingerprint density at radius 2 is 1.71 bits per heavy atom. The van der Waals surface area contributed by atoms with Crippen LogP contribution in [-0.4, -0.2) is 42.2 Å². The zero-order chi connectivity index (χ0) is 28.9. The molecule has 10 nitrogen and oxygen atoms in total. The Hall–Kier alpha value is -4.73. The van der Waals surface area contributed by atoms with Crippen molar-refractivity contribution >= 4 is 35.5 Å². The molecule has 41 heavy (non-hydrogen) atoms. The van der Waals surface area contributed by atoms with E-state index in [-0.39, 0.29) is 30.3 Å². The van der Waals surface area contributed by atoms with E-state index in [4.69, 9.17) is 9.47 Å². The van der Waals surface area contributed by atoms with Gasteiger partial charge in [-0.25, -0.2) is 0 Å². The van der Waals surface area contributed by atoms with Crippen molar-refractivity contribution in [1.82, 2.24) is 16.0 Å². The lowest BCUT2D eigenvalue weighted by Crippen LogP contribution is -2.48. The van der Waals surface area contributed by atoms with E-state index >= 15 is 0 Å². The number of carbonyl (C=O) groups is 5. The first-order valence-corrected chi connectivity index (χ1v) is 13.6. The first-order chi connectivity index (χ1) is 19.8. The fourth-order valence-electron chi connectivity index (χ4n) is 5.45. The number of rotatable bonds is 10. The van der Waals surface area contributed by atoms with Crippen molar-refractivity contribution in [1.29, 1.82) is 0 Å². The zero-order valence-corrected chi connectivity index (χ0v) is 22.6. The quantitative estimate of drug-likeness (QED) is 0.232. The van der Waals surface area contributed by atoms with E-state index in [0.29, 0.717) is 11.5 Å². The van der Waals surface area contributed by atoms with Crippen LogP contribution in [0.15, 0.2) is 65.8 Å². The standard InChI is InChI=1S/C31H31N3O7/c1-18-27(31(39)34-30(18)38)29(37)28(21-9-5-6-10-21)33-26(36)16-22(20-7-3-2-4-8-20)32-25(35)14-12-19-11-13-23-24(15-19)41-17-40-23/h2-4,7-8,11-15,21-22,28H,5-6,9-10,16-17H2,1H3,(H,32,35)(H,33,36)(H,34,38,39)/b14-12+/t22-,28?/m0/s1. The van der Waals surface area contributed by atoms with E-state index in [0.717, 1.165) is 36.8 Å². The Morgan fingerprint density at radius 3 is 2.41 bits per heavy atom. The minimum atomic E-state index is -0.940. The molecule has 4 amide bonds. The number of Topliss-reactive ketones (excluding diaryl/α,β-unsaturated/α-hetero) is 1. The molecule has 1 saturated carbocycles. The molecule has 2 atom stereocenters. The first kappa shape index (κ1) is 27.8. The fourth-order valence-corrected chi connectivity index (χ4v) is 5.45. The number of nitrogens with one attached hydrogen (secondary N) is 3. The van der Waals surface area contributed by atoms with E-state index < -0.39 is 41.5 Å². The molecule has 2 aromatic carbocycles. The lowest BCUT2D eigenvalue weighted by Gasteiger charge is -2.25. The number of amides is 4. The molecule has 1 aliphatic carbocycles. The van der Waals surface area contributed by atoms with E-state index in [2.05, 4.69) is 16.0 Å². The molecular formula is C31H31N3O7. The van der Waals surface area contributed by atoms with Crippen LogP contribution in [0.5, 0.6) is 11.5 Å². The molecule has 0 spiro atoms. The maximum atomic E-state index is 13.5. The first-order valence-electron chi connectivity index (χ1n) is 13.6. The van der Waals surface area contributed by atoms with Crippen molar-refractivity contribution in [2.24, 2.45) is 5.92 Å². The van der Waals surface area contributed by atoms with Gasteiger partial charge in [-0.15, -0.1) is 0 Å². The summed E-state index contributed by atoms with van der Waals surface area (Å²) in [7, 11) is 0. The smallest absolute Gasteiger partial charge is 0.262 e. The van der Waals surface area contributed by atoms with E-state index in [1.165, 1.54) is 13.0 Å². The number of fused-ring (bicyclic) bond motifs is 1. The number of ketones is 1. The van der Waals surface area contributed by atoms with Crippen molar-refractivity contribution < 1.29 is 33.4 Å². The van der Waals surface area contributed by atoms with Crippen molar-refractivity contribution in [2.75, 3.05) is 6.79 Å². The van der Waals surface area contributed by atoms with Crippen molar-refractivity contribution in [3.63, 3.8) is 0 Å². The summed E-state index contributed by atoms with van der Waals surface area (Å²) in [4.78, 5) is 64.1.